The number of piperidine rings is 1. The molecule has 5 nitrogen and oxygen atoms in total. The number of hydrogen-bond donors (Lipinski definition) is 1. The van der Waals surface area contributed by atoms with E-state index in [9.17, 15) is 4.79 Å². The van der Waals surface area contributed by atoms with Crippen molar-refractivity contribution in [2.45, 2.75) is 51.5 Å². The number of rotatable bonds is 5. The van der Waals surface area contributed by atoms with Gasteiger partial charge < -0.3 is 9.84 Å². The van der Waals surface area contributed by atoms with Gasteiger partial charge in [-0.3, -0.25) is 9.69 Å². The first-order valence-corrected chi connectivity index (χ1v) is 11.0. The Bertz CT molecular complexity index is 1060. The van der Waals surface area contributed by atoms with Crippen molar-refractivity contribution in [3.8, 4) is 0 Å². The summed E-state index contributed by atoms with van der Waals surface area (Å²) in [5.41, 5.74) is 3.62. The van der Waals surface area contributed by atoms with Gasteiger partial charge in [0.2, 0.25) is 5.91 Å². The molecule has 0 atom stereocenters. The first kappa shape index (κ1) is 19.3. The summed E-state index contributed by atoms with van der Waals surface area (Å²) in [7, 11) is 0. The minimum atomic E-state index is -0.510. The van der Waals surface area contributed by atoms with Crippen LogP contribution in [0.15, 0.2) is 47.0 Å². The Morgan fingerprint density at radius 2 is 1.93 bits per heavy atom. The smallest absolute Gasteiger partial charge is 0.234 e. The number of likely N-dealkylation sites (tertiary alicyclic amines) is 1. The van der Waals surface area contributed by atoms with Crippen LogP contribution < -0.4 is 5.32 Å². The average molecular weight is 404 g/mol. The number of fused-ring (bicyclic) bond motifs is 2. The zero-order valence-corrected chi connectivity index (χ0v) is 17.8. The molecular formula is C25H29N3O2. The molecule has 3 heterocycles. The van der Waals surface area contributed by atoms with Gasteiger partial charge in [-0.2, -0.15) is 0 Å². The van der Waals surface area contributed by atoms with Gasteiger partial charge in [0, 0.05) is 24.0 Å². The van der Waals surface area contributed by atoms with Crippen LogP contribution in [0.25, 0.3) is 10.9 Å². The van der Waals surface area contributed by atoms with E-state index in [2.05, 4.69) is 51.8 Å². The van der Waals surface area contributed by atoms with E-state index in [0.717, 1.165) is 66.3 Å². The van der Waals surface area contributed by atoms with Gasteiger partial charge in [-0.05, 0) is 75.4 Å². The number of amides is 1. The molecule has 3 aromatic rings. The lowest BCUT2D eigenvalue weighted by Crippen LogP contribution is -2.33. The number of aromatic nitrogens is 1. The Hall–Kier alpha value is -2.66. The summed E-state index contributed by atoms with van der Waals surface area (Å²) in [6.45, 7) is 7.30. The van der Waals surface area contributed by atoms with Crippen LogP contribution in [0, 0.1) is 5.92 Å². The third kappa shape index (κ3) is 3.52. The highest BCUT2D eigenvalue weighted by molar-refractivity contribution is 6.08. The molecule has 0 bridgehead atoms. The van der Waals surface area contributed by atoms with Crippen molar-refractivity contribution in [2.75, 3.05) is 18.4 Å². The van der Waals surface area contributed by atoms with E-state index in [0.29, 0.717) is 0 Å². The third-order valence-electron chi connectivity index (χ3n) is 6.92. The van der Waals surface area contributed by atoms with Crippen molar-refractivity contribution in [1.82, 2.24) is 10.1 Å². The van der Waals surface area contributed by atoms with Gasteiger partial charge in [0.1, 0.15) is 11.3 Å². The van der Waals surface area contributed by atoms with E-state index >= 15 is 0 Å². The Kier molecular flexibility index (Phi) is 4.86. The summed E-state index contributed by atoms with van der Waals surface area (Å²) in [5, 5.41) is 8.28. The van der Waals surface area contributed by atoms with Gasteiger partial charge in [0.25, 0.3) is 0 Å². The standard InChI is InChI=1S/C25H29N3O2/c1-25(2)20-14-19-21(15-22(20)26-24(25)29)27-30-23(19)9-8-17-10-12-28(13-11-17)16-18-6-4-3-5-7-18/h3-7,14-15,17H,8-13,16H2,1-2H3,(H,26,29). The van der Waals surface area contributed by atoms with Gasteiger partial charge in [-0.1, -0.05) is 35.5 Å². The molecule has 0 unspecified atom stereocenters. The molecule has 5 rings (SSSR count). The van der Waals surface area contributed by atoms with Gasteiger partial charge in [-0.15, -0.1) is 0 Å². The lowest BCUT2D eigenvalue weighted by Gasteiger charge is -2.31. The van der Waals surface area contributed by atoms with Gasteiger partial charge >= 0.3 is 0 Å². The molecule has 1 fully saturated rings. The maximum Gasteiger partial charge on any atom is 0.234 e. The summed E-state index contributed by atoms with van der Waals surface area (Å²) >= 11 is 0. The SMILES string of the molecule is CC1(C)C(=O)Nc2cc3noc(CCC4CCN(Cc5ccccc5)CC4)c3cc21. The Morgan fingerprint density at radius 3 is 2.70 bits per heavy atom. The molecule has 156 valence electrons. The normalized spacial score (nSPS) is 19.2. The summed E-state index contributed by atoms with van der Waals surface area (Å²) < 4.78 is 5.71. The predicted octanol–water partition coefficient (Wildman–Crippen LogP) is 4.90. The largest absolute Gasteiger partial charge is 0.360 e. The molecule has 1 saturated heterocycles. The third-order valence-corrected chi connectivity index (χ3v) is 6.92. The molecule has 0 aliphatic carbocycles. The van der Waals surface area contributed by atoms with Crippen LogP contribution in [-0.4, -0.2) is 29.1 Å². The molecule has 2 aliphatic rings. The quantitative estimate of drug-likeness (QED) is 0.658. The van der Waals surface area contributed by atoms with Crippen molar-refractivity contribution in [3.63, 3.8) is 0 Å². The maximum absolute atomic E-state index is 12.3. The number of nitrogens with one attached hydrogen (secondary N) is 1. The van der Waals surface area contributed by atoms with E-state index in [4.69, 9.17) is 4.52 Å². The van der Waals surface area contributed by atoms with E-state index < -0.39 is 5.41 Å². The molecule has 0 radical (unpaired) electrons. The molecular weight excluding hydrogens is 374 g/mol. The first-order valence-electron chi connectivity index (χ1n) is 11.0. The van der Waals surface area contributed by atoms with Gasteiger partial charge in [-0.25, -0.2) is 0 Å². The van der Waals surface area contributed by atoms with Crippen LogP contribution in [-0.2, 0) is 23.2 Å². The van der Waals surface area contributed by atoms with Crippen molar-refractivity contribution in [2.24, 2.45) is 5.92 Å². The number of benzene rings is 2. The zero-order valence-electron chi connectivity index (χ0n) is 17.8. The minimum absolute atomic E-state index is 0.0471. The van der Waals surface area contributed by atoms with E-state index in [1.54, 1.807) is 0 Å². The summed E-state index contributed by atoms with van der Waals surface area (Å²) in [4.78, 5) is 14.8. The predicted molar refractivity (Wildman–Crippen MR) is 118 cm³/mol. The topological polar surface area (TPSA) is 58.4 Å². The fourth-order valence-electron chi connectivity index (χ4n) is 4.85. The number of anilines is 1. The molecule has 0 spiro atoms. The molecule has 2 aromatic carbocycles. The molecule has 2 aliphatic heterocycles. The number of carbonyl (C=O) groups is 1. The van der Waals surface area contributed by atoms with Crippen LogP contribution in [0.3, 0.4) is 0 Å². The van der Waals surface area contributed by atoms with E-state index in [1.807, 2.05) is 19.9 Å². The van der Waals surface area contributed by atoms with Crippen LogP contribution in [0.1, 0.15) is 50.0 Å². The minimum Gasteiger partial charge on any atom is -0.360 e. The monoisotopic (exact) mass is 403 g/mol. The lowest BCUT2D eigenvalue weighted by atomic mass is 9.85. The van der Waals surface area contributed by atoms with Gasteiger partial charge in [0.05, 0.1) is 5.41 Å². The number of carbonyl (C=O) groups excluding carboxylic acids is 1. The van der Waals surface area contributed by atoms with Crippen molar-refractivity contribution >= 4 is 22.5 Å². The number of hydrogen-bond acceptors (Lipinski definition) is 4. The highest BCUT2D eigenvalue weighted by Crippen LogP contribution is 2.40. The average Bonchev–Trinajstić information content (AvgIpc) is 3.24. The summed E-state index contributed by atoms with van der Waals surface area (Å²) in [5.74, 6) is 1.73. The Morgan fingerprint density at radius 1 is 1.17 bits per heavy atom. The molecule has 1 N–H and O–H groups in total. The summed E-state index contributed by atoms with van der Waals surface area (Å²) in [6, 6.07) is 14.8. The highest BCUT2D eigenvalue weighted by atomic mass is 16.5. The van der Waals surface area contributed by atoms with Crippen LogP contribution in [0.2, 0.25) is 0 Å². The molecule has 1 amide bonds. The van der Waals surface area contributed by atoms with Crippen LogP contribution >= 0.6 is 0 Å². The molecule has 30 heavy (non-hydrogen) atoms. The van der Waals surface area contributed by atoms with E-state index in [-0.39, 0.29) is 5.91 Å². The highest BCUT2D eigenvalue weighted by Gasteiger charge is 2.39. The molecule has 1 aromatic heterocycles. The first-order chi connectivity index (χ1) is 14.5. The summed E-state index contributed by atoms with van der Waals surface area (Å²) in [6.07, 6.45) is 4.50. The Balaban J connectivity index is 1.21. The van der Waals surface area contributed by atoms with Crippen LogP contribution in [0.4, 0.5) is 5.69 Å². The van der Waals surface area contributed by atoms with Gasteiger partial charge in [0.15, 0.2) is 0 Å². The maximum atomic E-state index is 12.3. The molecule has 5 heteroatoms. The number of nitrogens with zero attached hydrogens (tertiary/aromatic N) is 2. The van der Waals surface area contributed by atoms with Crippen molar-refractivity contribution in [1.29, 1.82) is 0 Å². The zero-order chi connectivity index (χ0) is 20.7. The fourth-order valence-corrected chi connectivity index (χ4v) is 4.85. The van der Waals surface area contributed by atoms with Crippen molar-refractivity contribution < 1.29 is 9.32 Å². The number of aryl methyl sites for hydroxylation is 1. The second-order valence-electron chi connectivity index (χ2n) is 9.34. The second-order valence-corrected chi connectivity index (χ2v) is 9.34. The second kappa shape index (κ2) is 7.55. The molecule has 0 saturated carbocycles. The van der Waals surface area contributed by atoms with E-state index in [1.165, 1.54) is 18.4 Å². The van der Waals surface area contributed by atoms with Crippen molar-refractivity contribution in [3.05, 3.63) is 59.4 Å². The Labute approximate surface area is 177 Å². The lowest BCUT2D eigenvalue weighted by molar-refractivity contribution is -0.119. The van der Waals surface area contributed by atoms with Crippen LogP contribution in [0.5, 0.6) is 0 Å². The fraction of sp³-hybridized carbons (Fsp3) is 0.440.